The molecule has 0 aromatic heterocycles. The molecule has 0 heterocycles. The molecule has 0 radical (unpaired) electrons. The summed E-state index contributed by atoms with van der Waals surface area (Å²) in [7, 11) is 0. The molecule has 0 aliphatic rings. The van der Waals surface area contributed by atoms with Crippen molar-refractivity contribution < 1.29 is 4.79 Å². The number of nitrogens with two attached hydrogens (primary N) is 2. The van der Waals surface area contributed by atoms with Crippen LogP contribution in [-0.2, 0) is 4.79 Å². The van der Waals surface area contributed by atoms with Crippen LogP contribution in [0.1, 0.15) is 0 Å². The summed E-state index contributed by atoms with van der Waals surface area (Å²) in [6.07, 6.45) is 0. The summed E-state index contributed by atoms with van der Waals surface area (Å²) in [6.45, 7) is 0. The molecule has 42 valence electrons. The van der Waals surface area contributed by atoms with E-state index in [2.05, 4.69) is 0 Å². The first kappa shape index (κ1) is 6.72. The van der Waals surface area contributed by atoms with Gasteiger partial charge in [-0.3, -0.25) is 4.79 Å². The summed E-state index contributed by atoms with van der Waals surface area (Å²) < 4.78 is 0. The zero-order valence-corrected chi connectivity index (χ0v) is 4.48. The SMILES string of the molecule is NC(=O)[C@@H](N)CCl. The first-order valence-electron chi connectivity index (χ1n) is 1.79. The standard InChI is InChI=1S/C3H7ClN2O/c4-1-2(5)3(6)7/h2H,1,5H2,(H2,6,7)/t2-/m0/s1. The number of amides is 1. The summed E-state index contributed by atoms with van der Waals surface area (Å²) in [6, 6.07) is -0.693. The molecule has 1 atom stereocenters. The van der Waals surface area contributed by atoms with Crippen molar-refractivity contribution in [3.05, 3.63) is 0 Å². The smallest absolute Gasteiger partial charge is 0.235 e. The molecule has 0 saturated carbocycles. The highest BCUT2D eigenvalue weighted by Gasteiger charge is 2.04. The molecule has 4 N–H and O–H groups in total. The molecule has 1 amide bonds. The lowest BCUT2D eigenvalue weighted by Gasteiger charge is -1.97. The molecule has 4 heteroatoms. The van der Waals surface area contributed by atoms with Crippen LogP contribution in [0.25, 0.3) is 0 Å². The van der Waals surface area contributed by atoms with E-state index < -0.39 is 11.9 Å². The van der Waals surface area contributed by atoms with E-state index in [-0.39, 0.29) is 5.88 Å². The van der Waals surface area contributed by atoms with Gasteiger partial charge in [-0.15, -0.1) is 11.6 Å². The Morgan fingerprint density at radius 2 is 2.29 bits per heavy atom. The van der Waals surface area contributed by atoms with Crippen molar-refractivity contribution >= 4 is 17.5 Å². The third-order valence-electron chi connectivity index (χ3n) is 0.532. The number of hydrogen-bond donors (Lipinski definition) is 2. The monoisotopic (exact) mass is 122 g/mol. The van der Waals surface area contributed by atoms with E-state index in [0.717, 1.165) is 0 Å². The van der Waals surface area contributed by atoms with Crippen molar-refractivity contribution in [3.8, 4) is 0 Å². The largest absolute Gasteiger partial charge is 0.368 e. The normalized spacial score (nSPS) is 13.4. The van der Waals surface area contributed by atoms with E-state index in [9.17, 15) is 4.79 Å². The van der Waals surface area contributed by atoms with E-state index >= 15 is 0 Å². The van der Waals surface area contributed by atoms with Gasteiger partial charge in [0.2, 0.25) is 5.91 Å². The van der Waals surface area contributed by atoms with Crippen LogP contribution < -0.4 is 11.5 Å². The molecule has 0 spiro atoms. The molecule has 0 bridgehead atoms. The average Bonchev–Trinajstić information content (AvgIpc) is 1.65. The molecule has 7 heavy (non-hydrogen) atoms. The van der Waals surface area contributed by atoms with Gasteiger partial charge in [0.1, 0.15) is 0 Å². The lowest BCUT2D eigenvalue weighted by molar-refractivity contribution is -0.118. The van der Waals surface area contributed by atoms with Crippen molar-refractivity contribution in [2.24, 2.45) is 11.5 Å². The van der Waals surface area contributed by atoms with Crippen LogP contribution in [0.3, 0.4) is 0 Å². The van der Waals surface area contributed by atoms with Crippen molar-refractivity contribution in [2.75, 3.05) is 5.88 Å². The maximum Gasteiger partial charge on any atom is 0.235 e. The number of alkyl halides is 1. The first-order valence-corrected chi connectivity index (χ1v) is 2.32. The fraction of sp³-hybridized carbons (Fsp3) is 0.667. The Hall–Kier alpha value is -0.280. The summed E-state index contributed by atoms with van der Waals surface area (Å²) in [5, 5.41) is 0. The fourth-order valence-electron chi connectivity index (χ4n) is 0.0760. The van der Waals surface area contributed by atoms with Gasteiger partial charge in [-0.25, -0.2) is 0 Å². The van der Waals surface area contributed by atoms with E-state index in [1.54, 1.807) is 0 Å². The summed E-state index contributed by atoms with van der Waals surface area (Å²) in [5.74, 6) is -0.468. The molecule has 0 aromatic carbocycles. The minimum atomic E-state index is -0.693. The fourth-order valence-corrected chi connectivity index (χ4v) is 0.228. The van der Waals surface area contributed by atoms with Gasteiger partial charge in [0.25, 0.3) is 0 Å². The molecule has 0 aliphatic carbocycles. The third kappa shape index (κ3) is 2.42. The molecule has 0 saturated heterocycles. The number of carbonyl (C=O) groups is 1. The van der Waals surface area contributed by atoms with Crippen LogP contribution in [0.2, 0.25) is 0 Å². The Bertz CT molecular complexity index is 75.3. The summed E-state index contributed by atoms with van der Waals surface area (Å²) >= 11 is 5.12. The number of hydrogen-bond acceptors (Lipinski definition) is 2. The predicted octanol–water partition coefficient (Wildman–Crippen LogP) is -0.962. The van der Waals surface area contributed by atoms with E-state index in [0.29, 0.717) is 0 Å². The topological polar surface area (TPSA) is 69.1 Å². The van der Waals surface area contributed by atoms with Crippen LogP contribution in [0.4, 0.5) is 0 Å². The maximum absolute atomic E-state index is 9.94. The Morgan fingerprint density at radius 1 is 1.86 bits per heavy atom. The molecule has 0 rings (SSSR count). The molecule has 0 aromatic rings. The molecular formula is C3H7ClN2O. The zero-order chi connectivity index (χ0) is 5.86. The molecular weight excluding hydrogens is 115 g/mol. The second-order valence-corrected chi connectivity index (χ2v) is 1.47. The lowest BCUT2D eigenvalue weighted by Crippen LogP contribution is -2.37. The summed E-state index contributed by atoms with van der Waals surface area (Å²) in [5.41, 5.74) is 9.71. The first-order chi connectivity index (χ1) is 3.18. The third-order valence-corrected chi connectivity index (χ3v) is 0.864. The van der Waals surface area contributed by atoms with Crippen molar-refractivity contribution in [2.45, 2.75) is 6.04 Å². The van der Waals surface area contributed by atoms with Gasteiger partial charge in [-0.05, 0) is 0 Å². The van der Waals surface area contributed by atoms with E-state index in [4.69, 9.17) is 23.1 Å². The van der Waals surface area contributed by atoms with Crippen molar-refractivity contribution in [1.82, 2.24) is 0 Å². The Balaban J connectivity index is 3.34. The van der Waals surface area contributed by atoms with Crippen LogP contribution in [-0.4, -0.2) is 17.8 Å². The minimum Gasteiger partial charge on any atom is -0.368 e. The van der Waals surface area contributed by atoms with Gasteiger partial charge in [0, 0.05) is 5.88 Å². The van der Waals surface area contributed by atoms with Crippen LogP contribution >= 0.6 is 11.6 Å². The summed E-state index contributed by atoms with van der Waals surface area (Å²) in [4.78, 5) is 9.94. The van der Waals surface area contributed by atoms with E-state index in [1.807, 2.05) is 0 Å². The van der Waals surface area contributed by atoms with Gasteiger partial charge >= 0.3 is 0 Å². The highest BCUT2D eigenvalue weighted by atomic mass is 35.5. The average molecular weight is 123 g/mol. The number of halogens is 1. The van der Waals surface area contributed by atoms with Gasteiger partial charge in [0.05, 0.1) is 6.04 Å². The Labute approximate surface area is 46.6 Å². The van der Waals surface area contributed by atoms with Crippen molar-refractivity contribution in [1.29, 1.82) is 0 Å². The van der Waals surface area contributed by atoms with Crippen LogP contribution in [0.15, 0.2) is 0 Å². The second-order valence-electron chi connectivity index (χ2n) is 1.16. The van der Waals surface area contributed by atoms with Gasteiger partial charge in [-0.1, -0.05) is 0 Å². The zero-order valence-electron chi connectivity index (χ0n) is 3.73. The Kier molecular flexibility index (Phi) is 2.71. The highest BCUT2D eigenvalue weighted by Crippen LogP contribution is 1.78. The number of carbonyl (C=O) groups excluding carboxylic acids is 1. The van der Waals surface area contributed by atoms with E-state index in [1.165, 1.54) is 0 Å². The molecule has 0 aliphatic heterocycles. The molecule has 3 nitrogen and oxygen atoms in total. The van der Waals surface area contributed by atoms with Gasteiger partial charge in [-0.2, -0.15) is 0 Å². The minimum absolute atomic E-state index is 0.0926. The highest BCUT2D eigenvalue weighted by molar-refractivity contribution is 6.19. The lowest BCUT2D eigenvalue weighted by atomic mass is 10.4. The maximum atomic E-state index is 9.94. The molecule has 0 unspecified atom stereocenters. The van der Waals surface area contributed by atoms with Crippen LogP contribution in [0.5, 0.6) is 0 Å². The van der Waals surface area contributed by atoms with Gasteiger partial charge < -0.3 is 11.5 Å². The predicted molar refractivity (Wildman–Crippen MR) is 27.9 cm³/mol. The second kappa shape index (κ2) is 2.82. The number of rotatable bonds is 2. The molecule has 0 fully saturated rings. The van der Waals surface area contributed by atoms with Gasteiger partial charge in [0.15, 0.2) is 0 Å². The quantitative estimate of drug-likeness (QED) is 0.463. The van der Waals surface area contributed by atoms with Crippen LogP contribution in [0, 0.1) is 0 Å². The van der Waals surface area contributed by atoms with Crippen molar-refractivity contribution in [3.63, 3.8) is 0 Å². The number of primary amides is 1. The Morgan fingerprint density at radius 3 is 2.29 bits per heavy atom.